The highest BCUT2D eigenvalue weighted by molar-refractivity contribution is 7.44. The monoisotopic (exact) mass is 193 g/mol. The van der Waals surface area contributed by atoms with E-state index in [4.69, 9.17) is 0 Å². The average molecular weight is 193 g/mol. The molecule has 0 bridgehead atoms. The van der Waals surface area contributed by atoms with Gasteiger partial charge in [-0.05, 0) is 0 Å². The molecule has 0 heterocycles. The molecule has 0 saturated carbocycles. The zero-order valence-electron chi connectivity index (χ0n) is 6.90. The highest BCUT2D eigenvalue weighted by atomic mass is 31.1. The fourth-order valence-corrected chi connectivity index (χ4v) is 1.09. The van der Waals surface area contributed by atoms with Crippen molar-refractivity contribution in [3.63, 3.8) is 0 Å². The Morgan fingerprint density at radius 2 is 1.42 bits per heavy atom. The Hall–Kier alpha value is -0.960. The van der Waals surface area contributed by atoms with E-state index in [2.05, 4.69) is 9.47 Å². The molecule has 0 aliphatic heterocycles. The largest absolute Gasteiger partial charge is 0.420 e. The number of rotatable bonds is 4. The number of esters is 2. The van der Waals surface area contributed by atoms with Crippen LogP contribution < -0.4 is 0 Å². The van der Waals surface area contributed by atoms with Crippen molar-refractivity contribution in [3.8, 4) is 0 Å². The summed E-state index contributed by atoms with van der Waals surface area (Å²) in [5.41, 5.74) is 0. The van der Waals surface area contributed by atoms with Crippen LogP contribution in [0.1, 0.15) is 13.8 Å². The van der Waals surface area contributed by atoms with Gasteiger partial charge in [0.25, 0.3) is 12.7 Å². The van der Waals surface area contributed by atoms with Crippen LogP contribution in [0.2, 0.25) is 0 Å². The van der Waals surface area contributed by atoms with Gasteiger partial charge in [0.15, 0.2) is 0 Å². The maximum atomic E-state index is 10.8. The molecular weight excluding hydrogens is 183 g/mol. The summed E-state index contributed by atoms with van der Waals surface area (Å²) in [6.07, 6.45) is -0.393. The van der Waals surface area contributed by atoms with E-state index in [0.29, 0.717) is 0 Å². The first-order chi connectivity index (χ1) is 5.52. The fraction of sp³-hybridized carbons (Fsp3) is 0.667. The standard InChI is InChI=1S/C6H10O5P/c1-5(7)10-3-12(9)4-11-6(2)8/h3-4H2,1-2H3/q+1. The van der Waals surface area contributed by atoms with E-state index >= 15 is 0 Å². The number of hydrogen-bond donors (Lipinski definition) is 0. The molecule has 5 nitrogen and oxygen atoms in total. The summed E-state index contributed by atoms with van der Waals surface area (Å²) < 4.78 is 19.7. The van der Waals surface area contributed by atoms with Crippen LogP contribution in [-0.2, 0) is 23.6 Å². The van der Waals surface area contributed by atoms with Gasteiger partial charge >= 0.3 is 19.7 Å². The minimum absolute atomic E-state index is 0.196. The van der Waals surface area contributed by atoms with Crippen LogP contribution >= 0.6 is 7.80 Å². The van der Waals surface area contributed by atoms with Gasteiger partial charge in [-0.25, -0.2) is 0 Å². The topological polar surface area (TPSA) is 69.7 Å². The molecule has 6 heteroatoms. The van der Waals surface area contributed by atoms with E-state index in [1.165, 1.54) is 13.8 Å². The zero-order chi connectivity index (χ0) is 9.56. The first-order valence-corrected chi connectivity index (χ1v) is 4.84. The molecule has 12 heavy (non-hydrogen) atoms. The molecule has 68 valence electrons. The lowest BCUT2D eigenvalue weighted by atomic mass is 10.8. The second-order valence-electron chi connectivity index (χ2n) is 2.01. The molecule has 0 unspecified atom stereocenters. The molecular formula is C6H10O5P+. The lowest BCUT2D eigenvalue weighted by Gasteiger charge is -1.92. The van der Waals surface area contributed by atoms with E-state index < -0.39 is 19.7 Å². The molecule has 0 atom stereocenters. The summed E-state index contributed by atoms with van der Waals surface area (Å²) in [7, 11) is -1.78. The minimum atomic E-state index is -1.78. The SMILES string of the molecule is CC(=O)OC[P+](=O)COC(C)=O. The zero-order valence-corrected chi connectivity index (χ0v) is 7.80. The number of ether oxygens (including phenoxy) is 2. The molecule has 0 aliphatic rings. The third-order valence-electron chi connectivity index (χ3n) is 0.824. The normalized spacial score (nSPS) is 8.83. The summed E-state index contributed by atoms with van der Waals surface area (Å²) in [4.78, 5) is 20.5. The lowest BCUT2D eigenvalue weighted by Crippen LogP contribution is -2.02. The Balaban J connectivity index is 3.47. The van der Waals surface area contributed by atoms with Crippen LogP contribution in [0.5, 0.6) is 0 Å². The van der Waals surface area contributed by atoms with Crippen molar-refractivity contribution in [2.75, 3.05) is 12.7 Å². The van der Waals surface area contributed by atoms with Gasteiger partial charge in [0.2, 0.25) is 0 Å². The van der Waals surface area contributed by atoms with Gasteiger partial charge in [-0.15, -0.1) is 0 Å². The quantitative estimate of drug-likeness (QED) is 0.489. The van der Waals surface area contributed by atoms with Crippen molar-refractivity contribution in [2.24, 2.45) is 0 Å². The highest BCUT2D eigenvalue weighted by Gasteiger charge is 2.18. The third-order valence-corrected chi connectivity index (χ3v) is 1.66. The second kappa shape index (κ2) is 5.66. The van der Waals surface area contributed by atoms with E-state index in [0.717, 1.165) is 0 Å². The fourth-order valence-electron chi connectivity index (χ4n) is 0.363. The number of carbonyl (C=O) groups excluding carboxylic acids is 2. The van der Waals surface area contributed by atoms with Crippen LogP contribution in [0.4, 0.5) is 0 Å². The van der Waals surface area contributed by atoms with E-state index in [1.54, 1.807) is 0 Å². The van der Waals surface area contributed by atoms with Crippen molar-refractivity contribution in [3.05, 3.63) is 0 Å². The van der Waals surface area contributed by atoms with Gasteiger partial charge in [-0.1, -0.05) is 4.57 Å². The molecule has 0 aromatic heterocycles. The molecule has 0 amide bonds. The smallest absolute Gasteiger partial charge is 0.419 e. The predicted molar refractivity (Wildman–Crippen MR) is 40.9 cm³/mol. The number of hydrogen-bond acceptors (Lipinski definition) is 5. The van der Waals surface area contributed by atoms with Crippen LogP contribution in [-0.4, -0.2) is 24.6 Å². The molecule has 0 N–H and O–H groups in total. The van der Waals surface area contributed by atoms with Gasteiger partial charge in [0.05, 0.1) is 0 Å². The maximum absolute atomic E-state index is 10.8. The van der Waals surface area contributed by atoms with Gasteiger partial charge in [-0.3, -0.25) is 9.59 Å². The summed E-state index contributed by atoms with van der Waals surface area (Å²) in [5, 5.41) is 0. The Labute approximate surface area is 70.8 Å². The van der Waals surface area contributed by atoms with Crippen molar-refractivity contribution in [1.82, 2.24) is 0 Å². The molecule has 0 rings (SSSR count). The van der Waals surface area contributed by atoms with Crippen LogP contribution in [0, 0.1) is 0 Å². The van der Waals surface area contributed by atoms with Crippen molar-refractivity contribution in [1.29, 1.82) is 0 Å². The first-order valence-electron chi connectivity index (χ1n) is 3.21. The first kappa shape index (κ1) is 11.0. The van der Waals surface area contributed by atoms with Crippen LogP contribution in [0.25, 0.3) is 0 Å². The van der Waals surface area contributed by atoms with Crippen molar-refractivity contribution in [2.45, 2.75) is 13.8 Å². The minimum Gasteiger partial charge on any atom is -0.419 e. The van der Waals surface area contributed by atoms with E-state index in [-0.39, 0.29) is 12.7 Å². The summed E-state index contributed by atoms with van der Waals surface area (Å²) >= 11 is 0. The molecule has 0 saturated heterocycles. The summed E-state index contributed by atoms with van der Waals surface area (Å²) in [5.74, 6) is -0.998. The third kappa shape index (κ3) is 7.15. The predicted octanol–water partition coefficient (Wildman–Crippen LogP) is 0.855. The van der Waals surface area contributed by atoms with E-state index in [9.17, 15) is 14.2 Å². The second-order valence-corrected chi connectivity index (χ2v) is 3.49. The average Bonchev–Trinajstić information content (AvgIpc) is 1.96. The lowest BCUT2D eigenvalue weighted by molar-refractivity contribution is -0.138. The van der Waals surface area contributed by atoms with Gasteiger partial charge in [0.1, 0.15) is 0 Å². The molecule has 0 aromatic carbocycles. The molecule has 0 aromatic rings. The van der Waals surface area contributed by atoms with Crippen LogP contribution in [0.15, 0.2) is 0 Å². The summed E-state index contributed by atoms with van der Waals surface area (Å²) in [6, 6.07) is 0. The maximum Gasteiger partial charge on any atom is 0.420 e. The molecule has 0 fully saturated rings. The molecule has 0 spiro atoms. The van der Waals surface area contributed by atoms with Gasteiger partial charge in [-0.2, -0.15) is 0 Å². The van der Waals surface area contributed by atoms with Crippen molar-refractivity contribution >= 4 is 19.7 Å². The van der Waals surface area contributed by atoms with Crippen LogP contribution in [0.3, 0.4) is 0 Å². The van der Waals surface area contributed by atoms with Gasteiger partial charge < -0.3 is 9.47 Å². The Morgan fingerprint density at radius 1 is 1.08 bits per heavy atom. The Kier molecular flexibility index (Phi) is 5.21. The Morgan fingerprint density at radius 3 is 1.67 bits per heavy atom. The van der Waals surface area contributed by atoms with Crippen molar-refractivity contribution < 1.29 is 23.6 Å². The van der Waals surface area contributed by atoms with E-state index in [1.807, 2.05) is 0 Å². The highest BCUT2D eigenvalue weighted by Crippen LogP contribution is 2.19. The summed E-state index contributed by atoms with van der Waals surface area (Å²) in [6.45, 7) is 2.43. The Bertz CT molecular complexity index is 180. The molecule has 0 radical (unpaired) electrons. The molecule has 0 aliphatic carbocycles. The number of carbonyl (C=O) groups is 2. The van der Waals surface area contributed by atoms with Gasteiger partial charge in [0, 0.05) is 13.8 Å².